The summed E-state index contributed by atoms with van der Waals surface area (Å²) >= 11 is 7.32. The Hall–Kier alpha value is -1.06. The van der Waals surface area contributed by atoms with E-state index in [0.717, 1.165) is 10.1 Å². The zero-order valence-electron chi connectivity index (χ0n) is 6.45. The minimum absolute atomic E-state index is 0.297. The van der Waals surface area contributed by atoms with E-state index in [0.29, 0.717) is 10.6 Å². The Morgan fingerprint density at radius 1 is 1.46 bits per heavy atom. The predicted molar refractivity (Wildman–Crippen MR) is 53.8 cm³/mol. The summed E-state index contributed by atoms with van der Waals surface area (Å²) in [4.78, 5) is 10.6. The van der Waals surface area contributed by atoms with Crippen molar-refractivity contribution in [3.8, 4) is 0 Å². The number of rotatable bonds is 1. The summed E-state index contributed by atoms with van der Waals surface area (Å²) in [5.74, 6) is -0.911. The molecule has 2 aromatic rings. The summed E-state index contributed by atoms with van der Waals surface area (Å²) in [6, 6.07) is 4.93. The highest BCUT2D eigenvalue weighted by Crippen LogP contribution is 2.30. The first-order chi connectivity index (χ1) is 6.18. The zero-order valence-corrected chi connectivity index (χ0v) is 8.02. The van der Waals surface area contributed by atoms with E-state index in [1.165, 1.54) is 11.3 Å². The molecule has 1 heterocycles. The van der Waals surface area contributed by atoms with Gasteiger partial charge in [-0.1, -0.05) is 17.7 Å². The van der Waals surface area contributed by atoms with Crippen molar-refractivity contribution in [2.45, 2.75) is 0 Å². The van der Waals surface area contributed by atoms with Crippen molar-refractivity contribution in [3.05, 3.63) is 34.2 Å². The van der Waals surface area contributed by atoms with Crippen molar-refractivity contribution in [2.75, 3.05) is 0 Å². The van der Waals surface area contributed by atoms with Crippen LogP contribution < -0.4 is 0 Å². The van der Waals surface area contributed by atoms with Crippen LogP contribution in [0.25, 0.3) is 10.1 Å². The average Bonchev–Trinajstić information content (AvgIpc) is 2.47. The van der Waals surface area contributed by atoms with Crippen LogP contribution in [0.2, 0.25) is 5.02 Å². The molecule has 4 heteroatoms. The van der Waals surface area contributed by atoms with E-state index in [4.69, 9.17) is 16.7 Å². The van der Waals surface area contributed by atoms with Gasteiger partial charge in [-0.3, -0.25) is 0 Å². The van der Waals surface area contributed by atoms with Crippen LogP contribution in [0.5, 0.6) is 0 Å². The number of carboxylic acids is 1. The van der Waals surface area contributed by atoms with Crippen molar-refractivity contribution >= 4 is 39.0 Å². The van der Waals surface area contributed by atoms with Crippen molar-refractivity contribution in [2.24, 2.45) is 0 Å². The third-order valence-electron chi connectivity index (χ3n) is 1.78. The molecule has 0 radical (unpaired) electrons. The molecule has 2 nitrogen and oxygen atoms in total. The fourth-order valence-corrected chi connectivity index (χ4v) is 2.34. The van der Waals surface area contributed by atoms with Crippen LogP contribution in [0.3, 0.4) is 0 Å². The first-order valence-electron chi connectivity index (χ1n) is 3.58. The molecule has 0 aliphatic carbocycles. The highest BCUT2D eigenvalue weighted by Gasteiger charge is 2.06. The van der Waals surface area contributed by atoms with E-state index in [2.05, 4.69) is 0 Å². The fourth-order valence-electron chi connectivity index (χ4n) is 1.13. The Kier molecular flexibility index (Phi) is 1.98. The van der Waals surface area contributed by atoms with Gasteiger partial charge in [0.05, 0.1) is 10.6 Å². The molecule has 0 spiro atoms. The Balaban J connectivity index is 2.70. The summed E-state index contributed by atoms with van der Waals surface area (Å²) in [7, 11) is 0. The van der Waals surface area contributed by atoms with Gasteiger partial charge in [0.2, 0.25) is 0 Å². The average molecular weight is 213 g/mol. The van der Waals surface area contributed by atoms with Gasteiger partial charge in [-0.2, -0.15) is 0 Å². The van der Waals surface area contributed by atoms with Gasteiger partial charge in [0.1, 0.15) is 0 Å². The van der Waals surface area contributed by atoms with Crippen LogP contribution in [0.4, 0.5) is 0 Å². The molecule has 66 valence electrons. The predicted octanol–water partition coefficient (Wildman–Crippen LogP) is 3.25. The third-order valence-corrected chi connectivity index (χ3v) is 3.16. The number of thiophene rings is 1. The first-order valence-corrected chi connectivity index (χ1v) is 4.84. The van der Waals surface area contributed by atoms with Gasteiger partial charge in [0.15, 0.2) is 0 Å². The number of benzene rings is 1. The Labute approximate surface area is 83.4 Å². The number of halogens is 1. The molecule has 13 heavy (non-hydrogen) atoms. The lowest BCUT2D eigenvalue weighted by Gasteiger charge is -1.93. The van der Waals surface area contributed by atoms with Crippen LogP contribution in [0, 0.1) is 0 Å². The van der Waals surface area contributed by atoms with E-state index in [9.17, 15) is 4.79 Å². The maximum absolute atomic E-state index is 10.6. The van der Waals surface area contributed by atoms with Gasteiger partial charge in [-0.05, 0) is 12.1 Å². The second kappa shape index (κ2) is 3.01. The monoisotopic (exact) mass is 212 g/mol. The van der Waals surface area contributed by atoms with E-state index in [1.54, 1.807) is 23.6 Å². The summed E-state index contributed by atoms with van der Waals surface area (Å²) in [6.07, 6.45) is 0. The number of carboxylic acid groups (broad SMARTS) is 1. The topological polar surface area (TPSA) is 37.3 Å². The van der Waals surface area contributed by atoms with Gasteiger partial charge in [-0.15, -0.1) is 11.3 Å². The number of hydrogen-bond donors (Lipinski definition) is 1. The molecule has 1 aromatic heterocycles. The third kappa shape index (κ3) is 1.41. The molecule has 0 atom stereocenters. The van der Waals surface area contributed by atoms with Crippen LogP contribution in [-0.4, -0.2) is 11.1 Å². The number of fused-ring (bicyclic) bond motifs is 1. The molecule has 0 aliphatic heterocycles. The summed E-state index contributed by atoms with van der Waals surface area (Å²) < 4.78 is 0.907. The summed E-state index contributed by atoms with van der Waals surface area (Å²) in [5, 5.41) is 12.1. The molecule has 0 saturated heterocycles. The lowest BCUT2D eigenvalue weighted by atomic mass is 10.2. The molecule has 0 amide bonds. The quantitative estimate of drug-likeness (QED) is 0.788. The molecule has 2 rings (SSSR count). The van der Waals surface area contributed by atoms with Gasteiger partial charge >= 0.3 is 5.97 Å². The highest BCUT2D eigenvalue weighted by atomic mass is 35.5. The van der Waals surface area contributed by atoms with Crippen molar-refractivity contribution in [1.29, 1.82) is 0 Å². The van der Waals surface area contributed by atoms with Crippen LogP contribution >= 0.6 is 22.9 Å². The van der Waals surface area contributed by atoms with E-state index < -0.39 is 5.97 Å². The van der Waals surface area contributed by atoms with Gasteiger partial charge in [-0.25, -0.2) is 4.79 Å². The number of carbonyl (C=O) groups is 1. The second-order valence-electron chi connectivity index (χ2n) is 2.60. The number of hydrogen-bond acceptors (Lipinski definition) is 2. The summed E-state index contributed by atoms with van der Waals surface area (Å²) in [5.41, 5.74) is 0.297. The number of aromatic carboxylic acids is 1. The molecule has 1 N–H and O–H groups in total. The first kappa shape index (κ1) is 8.53. The molecular formula is C9H5ClO2S. The Morgan fingerprint density at radius 3 is 2.92 bits per heavy atom. The zero-order chi connectivity index (χ0) is 9.42. The molecular weight excluding hydrogens is 208 g/mol. The van der Waals surface area contributed by atoms with Crippen molar-refractivity contribution < 1.29 is 9.90 Å². The Morgan fingerprint density at radius 2 is 2.23 bits per heavy atom. The summed E-state index contributed by atoms with van der Waals surface area (Å²) in [6.45, 7) is 0. The van der Waals surface area contributed by atoms with Crippen LogP contribution in [-0.2, 0) is 0 Å². The lowest BCUT2D eigenvalue weighted by Crippen LogP contribution is -1.94. The fraction of sp³-hybridized carbons (Fsp3) is 0. The van der Waals surface area contributed by atoms with Crippen molar-refractivity contribution in [1.82, 2.24) is 0 Å². The van der Waals surface area contributed by atoms with Crippen molar-refractivity contribution in [3.63, 3.8) is 0 Å². The lowest BCUT2D eigenvalue weighted by molar-refractivity contribution is 0.0697. The van der Waals surface area contributed by atoms with E-state index in [-0.39, 0.29) is 0 Å². The molecule has 0 aliphatic rings. The molecule has 0 fully saturated rings. The molecule has 0 saturated carbocycles. The highest BCUT2D eigenvalue weighted by molar-refractivity contribution is 7.17. The van der Waals surface area contributed by atoms with E-state index >= 15 is 0 Å². The van der Waals surface area contributed by atoms with E-state index in [1.807, 2.05) is 0 Å². The molecule has 0 bridgehead atoms. The SMILES string of the molecule is O=C(O)c1ccc2c(Cl)csc2c1. The van der Waals surface area contributed by atoms with Crippen LogP contribution in [0.1, 0.15) is 10.4 Å². The molecule has 1 aromatic carbocycles. The smallest absolute Gasteiger partial charge is 0.335 e. The molecule has 0 unspecified atom stereocenters. The normalized spacial score (nSPS) is 10.5. The Bertz CT molecular complexity index is 475. The second-order valence-corrected chi connectivity index (χ2v) is 3.92. The standard InChI is InChI=1S/C9H5ClO2S/c10-7-4-13-8-3-5(9(11)12)1-2-6(7)8/h1-4H,(H,11,12). The largest absolute Gasteiger partial charge is 0.478 e. The van der Waals surface area contributed by atoms with Gasteiger partial charge in [0, 0.05) is 15.5 Å². The van der Waals surface area contributed by atoms with Crippen LogP contribution in [0.15, 0.2) is 23.6 Å². The maximum Gasteiger partial charge on any atom is 0.335 e. The minimum atomic E-state index is -0.911. The minimum Gasteiger partial charge on any atom is -0.478 e. The van der Waals surface area contributed by atoms with Gasteiger partial charge in [0.25, 0.3) is 0 Å². The maximum atomic E-state index is 10.6. The van der Waals surface area contributed by atoms with Gasteiger partial charge < -0.3 is 5.11 Å².